The van der Waals surface area contributed by atoms with Crippen LogP contribution in [0.1, 0.15) is 11.7 Å². The van der Waals surface area contributed by atoms with Crippen LogP contribution in [0.5, 0.6) is 11.5 Å². The van der Waals surface area contributed by atoms with Crippen LogP contribution in [0.2, 0.25) is 5.02 Å². The first kappa shape index (κ1) is 28.4. The normalized spacial score (nSPS) is 11.8. The van der Waals surface area contributed by atoms with Crippen molar-refractivity contribution in [1.82, 2.24) is 5.32 Å². The van der Waals surface area contributed by atoms with Crippen LogP contribution in [-0.4, -0.2) is 50.9 Å². The van der Waals surface area contributed by atoms with Gasteiger partial charge in [-0.3, -0.25) is 0 Å². The molecule has 11 heteroatoms. The van der Waals surface area contributed by atoms with Crippen molar-refractivity contribution in [3.05, 3.63) is 83.4 Å². The Labute approximate surface area is 214 Å². The standard InChI is InChI=1S/C24H24ClNO7S.ClH/c25-18-3-1-2-17(14-18)23(27)15-26-12-13-32-19-4-8-21(9-5-19)34(30,31)22-10-6-20(7-11-22)33-16-24(28)29;/h1-11,14,23,26-27H,12-13,15-16H2,(H,28,29);1H/t23-;/m1./s1. The fourth-order valence-electron chi connectivity index (χ4n) is 3.02. The van der Waals surface area contributed by atoms with Gasteiger partial charge < -0.3 is 25.0 Å². The summed E-state index contributed by atoms with van der Waals surface area (Å²) in [5, 5.41) is 22.5. The van der Waals surface area contributed by atoms with E-state index < -0.39 is 28.5 Å². The molecule has 3 aromatic rings. The molecule has 0 bridgehead atoms. The van der Waals surface area contributed by atoms with Gasteiger partial charge in [0.1, 0.15) is 18.1 Å². The van der Waals surface area contributed by atoms with Gasteiger partial charge >= 0.3 is 5.97 Å². The lowest BCUT2D eigenvalue weighted by atomic mass is 10.1. The predicted octanol–water partition coefficient (Wildman–Crippen LogP) is 3.76. The second kappa shape index (κ2) is 13.3. The first-order chi connectivity index (χ1) is 16.3. The lowest BCUT2D eigenvalue weighted by Gasteiger charge is -2.13. The van der Waals surface area contributed by atoms with E-state index in [2.05, 4.69) is 5.32 Å². The summed E-state index contributed by atoms with van der Waals surface area (Å²) >= 11 is 5.93. The minimum Gasteiger partial charge on any atom is -0.492 e. The molecule has 1 atom stereocenters. The van der Waals surface area contributed by atoms with E-state index in [9.17, 15) is 18.3 Å². The van der Waals surface area contributed by atoms with E-state index >= 15 is 0 Å². The summed E-state index contributed by atoms with van der Waals surface area (Å²) in [6.45, 7) is 0.632. The zero-order valence-corrected chi connectivity index (χ0v) is 20.9. The third-order valence-corrected chi connectivity index (χ3v) is 6.77. The van der Waals surface area contributed by atoms with Gasteiger partial charge in [-0.1, -0.05) is 23.7 Å². The summed E-state index contributed by atoms with van der Waals surface area (Å²) in [5.41, 5.74) is 0.722. The fraction of sp³-hybridized carbons (Fsp3) is 0.208. The average Bonchev–Trinajstić information content (AvgIpc) is 2.83. The molecular formula is C24H25Cl2NO7S. The van der Waals surface area contributed by atoms with E-state index in [1.54, 1.807) is 36.4 Å². The number of aliphatic carboxylic acids is 1. The molecule has 0 heterocycles. The van der Waals surface area contributed by atoms with Gasteiger partial charge in [0, 0.05) is 18.1 Å². The van der Waals surface area contributed by atoms with Crippen LogP contribution in [-0.2, 0) is 14.6 Å². The first-order valence-corrected chi connectivity index (χ1v) is 12.2. The Bertz CT molecular complexity index is 1200. The number of benzene rings is 3. The molecule has 3 aromatic carbocycles. The number of carboxylic acids is 1. The Kier molecular flexibility index (Phi) is 10.8. The lowest BCUT2D eigenvalue weighted by molar-refractivity contribution is -0.139. The van der Waals surface area contributed by atoms with Crippen LogP contribution in [0.25, 0.3) is 0 Å². The maximum Gasteiger partial charge on any atom is 0.341 e. The van der Waals surface area contributed by atoms with E-state index in [4.69, 9.17) is 26.2 Å². The summed E-state index contributed by atoms with van der Waals surface area (Å²) in [6, 6.07) is 18.6. The maximum atomic E-state index is 12.8. The number of halogens is 2. The molecule has 0 aliphatic carbocycles. The number of sulfone groups is 1. The lowest BCUT2D eigenvalue weighted by Crippen LogP contribution is -2.26. The van der Waals surface area contributed by atoms with Gasteiger partial charge in [0.15, 0.2) is 6.61 Å². The van der Waals surface area contributed by atoms with Crippen LogP contribution >= 0.6 is 24.0 Å². The number of aliphatic hydroxyl groups excluding tert-OH is 1. The molecule has 0 amide bonds. The highest BCUT2D eigenvalue weighted by Gasteiger charge is 2.18. The van der Waals surface area contributed by atoms with Crippen molar-refractivity contribution < 1.29 is 32.9 Å². The molecule has 35 heavy (non-hydrogen) atoms. The summed E-state index contributed by atoms with van der Waals surface area (Å²) in [4.78, 5) is 10.7. The van der Waals surface area contributed by atoms with Gasteiger partial charge in [-0.15, -0.1) is 12.4 Å². The van der Waals surface area contributed by atoms with Crippen LogP contribution < -0.4 is 14.8 Å². The third-order valence-electron chi connectivity index (χ3n) is 4.75. The second-order valence-electron chi connectivity index (χ2n) is 7.25. The number of nitrogens with one attached hydrogen (secondary N) is 1. The minimum absolute atomic E-state index is 0. The fourth-order valence-corrected chi connectivity index (χ4v) is 4.48. The average molecular weight is 542 g/mol. The smallest absolute Gasteiger partial charge is 0.341 e. The second-order valence-corrected chi connectivity index (χ2v) is 9.64. The van der Waals surface area contributed by atoms with Crippen LogP contribution in [0.4, 0.5) is 0 Å². The predicted molar refractivity (Wildman–Crippen MR) is 133 cm³/mol. The van der Waals surface area contributed by atoms with Crippen molar-refractivity contribution in [3.63, 3.8) is 0 Å². The number of ether oxygens (including phenoxy) is 2. The Morgan fingerprint density at radius 1 is 0.943 bits per heavy atom. The van der Waals surface area contributed by atoms with Crippen LogP contribution in [0, 0.1) is 0 Å². The molecule has 0 radical (unpaired) electrons. The van der Waals surface area contributed by atoms with E-state index in [1.165, 1.54) is 36.4 Å². The topological polar surface area (TPSA) is 122 Å². The highest BCUT2D eigenvalue weighted by molar-refractivity contribution is 7.91. The molecule has 8 nitrogen and oxygen atoms in total. The van der Waals surface area contributed by atoms with E-state index in [-0.39, 0.29) is 27.9 Å². The molecule has 0 spiro atoms. The number of hydrogen-bond acceptors (Lipinski definition) is 7. The minimum atomic E-state index is -3.75. The molecule has 188 valence electrons. The Morgan fingerprint density at radius 3 is 2.06 bits per heavy atom. The van der Waals surface area contributed by atoms with Gasteiger partial charge in [-0.2, -0.15) is 0 Å². The molecule has 0 saturated carbocycles. The van der Waals surface area contributed by atoms with Crippen molar-refractivity contribution >= 4 is 39.8 Å². The zero-order valence-electron chi connectivity index (χ0n) is 18.5. The zero-order chi connectivity index (χ0) is 24.6. The number of carbonyl (C=O) groups is 1. The van der Waals surface area contributed by atoms with Gasteiger partial charge in [0.25, 0.3) is 0 Å². The summed E-state index contributed by atoms with van der Waals surface area (Å²) in [6.07, 6.45) is -0.694. The number of rotatable bonds is 12. The van der Waals surface area contributed by atoms with Crippen molar-refractivity contribution in [3.8, 4) is 11.5 Å². The summed E-state index contributed by atoms with van der Waals surface area (Å²) < 4.78 is 36.3. The number of carboxylic acid groups (broad SMARTS) is 1. The van der Waals surface area contributed by atoms with Gasteiger partial charge in [0.2, 0.25) is 9.84 Å². The summed E-state index contributed by atoms with van der Waals surface area (Å²) in [7, 11) is -3.75. The van der Waals surface area contributed by atoms with Gasteiger partial charge in [-0.25, -0.2) is 13.2 Å². The van der Waals surface area contributed by atoms with Crippen molar-refractivity contribution in [2.75, 3.05) is 26.3 Å². The van der Waals surface area contributed by atoms with Crippen molar-refractivity contribution in [2.45, 2.75) is 15.9 Å². The quantitative estimate of drug-likeness (QED) is 0.296. The molecule has 3 N–H and O–H groups in total. The van der Waals surface area contributed by atoms with E-state index in [1.807, 2.05) is 0 Å². The van der Waals surface area contributed by atoms with E-state index in [0.717, 1.165) is 5.56 Å². The van der Waals surface area contributed by atoms with Gasteiger partial charge in [-0.05, 0) is 66.2 Å². The summed E-state index contributed by atoms with van der Waals surface area (Å²) in [5.74, 6) is -0.350. The molecule has 0 fully saturated rings. The highest BCUT2D eigenvalue weighted by atomic mass is 35.5. The monoisotopic (exact) mass is 541 g/mol. The SMILES string of the molecule is Cl.O=C(O)COc1ccc(S(=O)(=O)c2ccc(OCCNC[C@@H](O)c3cccc(Cl)c3)cc2)cc1. The van der Waals surface area contributed by atoms with Crippen LogP contribution in [0.15, 0.2) is 82.6 Å². The van der Waals surface area contributed by atoms with Crippen molar-refractivity contribution in [1.29, 1.82) is 0 Å². The Hall–Kier alpha value is -2.82. The van der Waals surface area contributed by atoms with Gasteiger partial charge in [0.05, 0.1) is 15.9 Å². The Morgan fingerprint density at radius 2 is 1.51 bits per heavy atom. The highest BCUT2D eigenvalue weighted by Crippen LogP contribution is 2.25. The molecular weight excluding hydrogens is 517 g/mol. The maximum absolute atomic E-state index is 12.8. The van der Waals surface area contributed by atoms with Crippen molar-refractivity contribution in [2.24, 2.45) is 0 Å². The molecule has 3 rings (SSSR count). The third kappa shape index (κ3) is 8.41. The van der Waals surface area contributed by atoms with Crippen LogP contribution in [0.3, 0.4) is 0 Å². The first-order valence-electron chi connectivity index (χ1n) is 10.3. The molecule has 0 aliphatic rings. The van der Waals surface area contributed by atoms with E-state index in [0.29, 0.717) is 30.5 Å². The molecule has 0 aliphatic heterocycles. The Balaban J connectivity index is 0.00000432. The molecule has 0 saturated heterocycles. The molecule has 0 aromatic heterocycles. The number of hydrogen-bond donors (Lipinski definition) is 3. The number of aliphatic hydroxyl groups is 1. The molecule has 0 unspecified atom stereocenters. The largest absolute Gasteiger partial charge is 0.492 e.